The number of hydrazone groups is 1. The SMILES string of the molecule is CCCOc1ccc(/C=N/NC(C)=O)cc1. The van der Waals surface area contributed by atoms with E-state index >= 15 is 0 Å². The van der Waals surface area contributed by atoms with Crippen LogP contribution in [0.2, 0.25) is 0 Å². The number of nitrogens with one attached hydrogen (secondary N) is 1. The van der Waals surface area contributed by atoms with Crippen molar-refractivity contribution in [2.24, 2.45) is 5.10 Å². The van der Waals surface area contributed by atoms with Gasteiger partial charge in [-0.1, -0.05) is 6.92 Å². The molecule has 0 heterocycles. The summed E-state index contributed by atoms with van der Waals surface area (Å²) in [6.45, 7) is 4.20. The molecule has 0 atom stereocenters. The molecule has 0 aromatic heterocycles. The minimum Gasteiger partial charge on any atom is -0.494 e. The lowest BCUT2D eigenvalue weighted by molar-refractivity contribution is -0.118. The van der Waals surface area contributed by atoms with E-state index in [2.05, 4.69) is 17.5 Å². The Morgan fingerprint density at radius 2 is 2.12 bits per heavy atom. The van der Waals surface area contributed by atoms with E-state index in [1.807, 2.05) is 24.3 Å². The highest BCUT2D eigenvalue weighted by molar-refractivity contribution is 5.81. The minimum atomic E-state index is -0.181. The van der Waals surface area contributed by atoms with Crippen LogP contribution in [-0.4, -0.2) is 18.7 Å². The number of rotatable bonds is 5. The molecule has 1 amide bonds. The molecule has 0 spiro atoms. The standard InChI is InChI=1S/C12H16N2O2/c1-3-8-16-12-6-4-11(5-7-12)9-13-14-10(2)15/h4-7,9H,3,8H2,1-2H3,(H,14,15)/b13-9+. The maximum absolute atomic E-state index is 10.6. The lowest BCUT2D eigenvalue weighted by Crippen LogP contribution is -2.12. The van der Waals surface area contributed by atoms with Crippen molar-refractivity contribution < 1.29 is 9.53 Å². The first-order chi connectivity index (χ1) is 7.72. The highest BCUT2D eigenvalue weighted by atomic mass is 16.5. The molecule has 0 unspecified atom stereocenters. The highest BCUT2D eigenvalue weighted by Crippen LogP contribution is 2.11. The molecule has 0 aliphatic heterocycles. The Labute approximate surface area is 95.3 Å². The molecule has 0 saturated carbocycles. The molecule has 4 nitrogen and oxygen atoms in total. The van der Waals surface area contributed by atoms with Crippen molar-refractivity contribution in [3.8, 4) is 5.75 Å². The van der Waals surface area contributed by atoms with E-state index in [0.29, 0.717) is 0 Å². The number of amides is 1. The fourth-order valence-electron chi connectivity index (χ4n) is 1.07. The van der Waals surface area contributed by atoms with E-state index in [9.17, 15) is 4.79 Å². The fourth-order valence-corrected chi connectivity index (χ4v) is 1.07. The predicted octanol–water partition coefficient (Wildman–Crippen LogP) is 1.95. The quantitative estimate of drug-likeness (QED) is 0.609. The molecule has 1 rings (SSSR count). The van der Waals surface area contributed by atoms with Gasteiger partial charge in [-0.3, -0.25) is 4.79 Å². The normalized spacial score (nSPS) is 10.4. The van der Waals surface area contributed by atoms with Crippen LogP contribution in [0.4, 0.5) is 0 Å². The van der Waals surface area contributed by atoms with E-state index in [4.69, 9.17) is 4.74 Å². The van der Waals surface area contributed by atoms with Crippen LogP contribution in [0.15, 0.2) is 29.4 Å². The van der Waals surface area contributed by atoms with Gasteiger partial charge in [0.05, 0.1) is 12.8 Å². The van der Waals surface area contributed by atoms with Gasteiger partial charge in [0.2, 0.25) is 5.91 Å². The van der Waals surface area contributed by atoms with Gasteiger partial charge in [0.15, 0.2) is 0 Å². The molecule has 4 heteroatoms. The Kier molecular flexibility index (Phi) is 5.05. The van der Waals surface area contributed by atoms with Crippen LogP contribution in [-0.2, 0) is 4.79 Å². The highest BCUT2D eigenvalue weighted by Gasteiger charge is 1.92. The van der Waals surface area contributed by atoms with E-state index in [0.717, 1.165) is 24.3 Å². The summed E-state index contributed by atoms with van der Waals surface area (Å²) in [7, 11) is 0. The van der Waals surface area contributed by atoms with Gasteiger partial charge in [-0.2, -0.15) is 5.10 Å². The average molecular weight is 220 g/mol. The number of carbonyl (C=O) groups is 1. The zero-order valence-electron chi connectivity index (χ0n) is 9.56. The van der Waals surface area contributed by atoms with Gasteiger partial charge in [-0.25, -0.2) is 5.43 Å². The van der Waals surface area contributed by atoms with Crippen molar-refractivity contribution in [3.05, 3.63) is 29.8 Å². The number of hydrogen-bond acceptors (Lipinski definition) is 3. The Bertz CT molecular complexity index is 358. The molecule has 0 bridgehead atoms. The lowest BCUT2D eigenvalue weighted by Gasteiger charge is -2.03. The van der Waals surface area contributed by atoms with E-state index in [1.54, 1.807) is 6.21 Å². The van der Waals surface area contributed by atoms with Gasteiger partial charge in [0.25, 0.3) is 0 Å². The summed E-state index contributed by atoms with van der Waals surface area (Å²) in [5, 5.41) is 3.77. The Morgan fingerprint density at radius 3 is 2.69 bits per heavy atom. The number of nitrogens with zero attached hydrogens (tertiary/aromatic N) is 1. The Hall–Kier alpha value is -1.84. The molecule has 1 N–H and O–H groups in total. The molecular weight excluding hydrogens is 204 g/mol. The topological polar surface area (TPSA) is 50.7 Å². The van der Waals surface area contributed by atoms with Crippen LogP contribution in [0.25, 0.3) is 0 Å². The van der Waals surface area contributed by atoms with Crippen molar-refractivity contribution >= 4 is 12.1 Å². The summed E-state index contributed by atoms with van der Waals surface area (Å²) in [6, 6.07) is 7.53. The van der Waals surface area contributed by atoms with E-state index in [-0.39, 0.29) is 5.91 Å². The molecule has 0 radical (unpaired) electrons. The van der Waals surface area contributed by atoms with Crippen LogP contribution in [0.1, 0.15) is 25.8 Å². The number of carbonyl (C=O) groups excluding carboxylic acids is 1. The Balaban J connectivity index is 2.50. The first-order valence-electron chi connectivity index (χ1n) is 5.25. The third-order valence-electron chi connectivity index (χ3n) is 1.79. The van der Waals surface area contributed by atoms with Crippen molar-refractivity contribution in [1.29, 1.82) is 0 Å². The molecule has 1 aromatic rings. The van der Waals surface area contributed by atoms with Crippen LogP contribution in [0.5, 0.6) is 5.75 Å². The summed E-state index contributed by atoms with van der Waals surface area (Å²) in [5.74, 6) is 0.665. The van der Waals surface area contributed by atoms with E-state index in [1.165, 1.54) is 6.92 Å². The zero-order chi connectivity index (χ0) is 11.8. The van der Waals surface area contributed by atoms with Crippen LogP contribution >= 0.6 is 0 Å². The van der Waals surface area contributed by atoms with Gasteiger partial charge in [-0.15, -0.1) is 0 Å². The molecule has 1 aromatic carbocycles. The molecule has 0 fully saturated rings. The fraction of sp³-hybridized carbons (Fsp3) is 0.333. The molecular formula is C12H16N2O2. The monoisotopic (exact) mass is 220 g/mol. The smallest absolute Gasteiger partial charge is 0.236 e. The maximum Gasteiger partial charge on any atom is 0.236 e. The average Bonchev–Trinajstić information content (AvgIpc) is 2.27. The largest absolute Gasteiger partial charge is 0.494 e. The number of benzene rings is 1. The second-order valence-corrected chi connectivity index (χ2v) is 3.34. The summed E-state index contributed by atoms with van der Waals surface area (Å²) in [6.07, 6.45) is 2.58. The van der Waals surface area contributed by atoms with Gasteiger partial charge in [0, 0.05) is 6.92 Å². The Morgan fingerprint density at radius 1 is 1.44 bits per heavy atom. The van der Waals surface area contributed by atoms with Crippen molar-refractivity contribution in [2.75, 3.05) is 6.61 Å². The summed E-state index contributed by atoms with van der Waals surface area (Å²) < 4.78 is 5.44. The third kappa shape index (κ3) is 4.59. The van der Waals surface area contributed by atoms with Crippen molar-refractivity contribution in [3.63, 3.8) is 0 Å². The lowest BCUT2D eigenvalue weighted by atomic mass is 10.2. The van der Waals surface area contributed by atoms with Crippen molar-refractivity contribution in [1.82, 2.24) is 5.43 Å². The summed E-state index contributed by atoms with van der Waals surface area (Å²) in [4.78, 5) is 10.6. The van der Waals surface area contributed by atoms with Crippen LogP contribution in [0, 0.1) is 0 Å². The second-order valence-electron chi connectivity index (χ2n) is 3.34. The number of hydrogen-bond donors (Lipinski definition) is 1. The van der Waals surface area contributed by atoms with Gasteiger partial charge >= 0.3 is 0 Å². The van der Waals surface area contributed by atoms with Crippen LogP contribution in [0.3, 0.4) is 0 Å². The van der Waals surface area contributed by atoms with Crippen LogP contribution < -0.4 is 10.2 Å². The first-order valence-corrected chi connectivity index (χ1v) is 5.25. The zero-order valence-corrected chi connectivity index (χ0v) is 9.56. The molecule has 0 aliphatic rings. The van der Waals surface area contributed by atoms with Gasteiger partial charge in [-0.05, 0) is 36.2 Å². The van der Waals surface area contributed by atoms with Crippen molar-refractivity contribution in [2.45, 2.75) is 20.3 Å². The predicted molar refractivity (Wildman–Crippen MR) is 63.6 cm³/mol. The summed E-state index contributed by atoms with van der Waals surface area (Å²) in [5.41, 5.74) is 3.26. The third-order valence-corrected chi connectivity index (χ3v) is 1.79. The van der Waals surface area contributed by atoms with Gasteiger partial charge < -0.3 is 4.74 Å². The molecule has 0 saturated heterocycles. The molecule has 86 valence electrons. The maximum atomic E-state index is 10.6. The van der Waals surface area contributed by atoms with Gasteiger partial charge in [0.1, 0.15) is 5.75 Å². The van der Waals surface area contributed by atoms with E-state index < -0.39 is 0 Å². The molecule has 16 heavy (non-hydrogen) atoms. The molecule has 0 aliphatic carbocycles. The second kappa shape index (κ2) is 6.61. The summed E-state index contributed by atoms with van der Waals surface area (Å²) >= 11 is 0. The number of ether oxygens (including phenoxy) is 1. The first kappa shape index (κ1) is 12.2. The minimum absolute atomic E-state index is 0.181.